The molecule has 0 heterocycles. The minimum absolute atomic E-state index is 0.0121. The summed E-state index contributed by atoms with van der Waals surface area (Å²) >= 11 is 0. The lowest BCUT2D eigenvalue weighted by molar-refractivity contribution is -0.137. The Hall–Kier alpha value is -1.93. The number of amides is 1. The van der Waals surface area contributed by atoms with Crippen LogP contribution in [0, 0.1) is 0 Å². The topological polar surface area (TPSA) is 116 Å². The maximum atomic E-state index is 11.8. The minimum atomic E-state index is -3.56. The van der Waals surface area contributed by atoms with Gasteiger partial charge in [0.1, 0.15) is 5.75 Å². The maximum absolute atomic E-state index is 11.8. The minimum Gasteiger partial charge on any atom is -0.468 e. The molecule has 1 amide bonds. The fourth-order valence-electron chi connectivity index (χ4n) is 1.94. The van der Waals surface area contributed by atoms with Gasteiger partial charge in [0.2, 0.25) is 5.91 Å². The Bertz CT molecular complexity index is 654. The standard InChI is InChI=1S/C16H24N2O5S/c1-12(17)3-8-15(19)18-9-13-4-6-14(7-5-13)10-24(21,22)11-16(20)23-2/h4-7,12H,3,8-11,17H2,1-2H3,(H,18,19). The van der Waals surface area contributed by atoms with Gasteiger partial charge < -0.3 is 15.8 Å². The van der Waals surface area contributed by atoms with Crippen LogP contribution >= 0.6 is 0 Å². The van der Waals surface area contributed by atoms with Gasteiger partial charge in [-0.3, -0.25) is 9.59 Å². The fourth-order valence-corrected chi connectivity index (χ4v) is 3.22. The zero-order valence-corrected chi connectivity index (χ0v) is 14.8. The number of carbonyl (C=O) groups excluding carboxylic acids is 2. The van der Waals surface area contributed by atoms with E-state index >= 15 is 0 Å². The van der Waals surface area contributed by atoms with E-state index in [9.17, 15) is 18.0 Å². The van der Waals surface area contributed by atoms with Gasteiger partial charge in [0.05, 0.1) is 12.9 Å². The molecule has 3 N–H and O–H groups in total. The van der Waals surface area contributed by atoms with Crippen molar-refractivity contribution in [1.82, 2.24) is 5.32 Å². The van der Waals surface area contributed by atoms with Crippen molar-refractivity contribution in [2.75, 3.05) is 12.9 Å². The summed E-state index contributed by atoms with van der Waals surface area (Å²) in [6.45, 7) is 2.22. The van der Waals surface area contributed by atoms with Crippen LogP contribution in [0.15, 0.2) is 24.3 Å². The van der Waals surface area contributed by atoms with Crippen molar-refractivity contribution >= 4 is 21.7 Å². The van der Waals surface area contributed by atoms with Gasteiger partial charge >= 0.3 is 5.97 Å². The van der Waals surface area contributed by atoms with Crippen LogP contribution in [0.5, 0.6) is 0 Å². The molecule has 0 aliphatic heterocycles. The molecule has 0 aromatic heterocycles. The molecule has 8 heteroatoms. The molecular weight excluding hydrogens is 332 g/mol. The Morgan fingerprint density at radius 3 is 2.33 bits per heavy atom. The Kier molecular flexibility index (Phi) is 7.87. The maximum Gasteiger partial charge on any atom is 0.320 e. The third-order valence-corrected chi connectivity index (χ3v) is 4.74. The molecular formula is C16H24N2O5S. The van der Waals surface area contributed by atoms with Crippen LogP contribution in [0.1, 0.15) is 30.9 Å². The number of esters is 1. The zero-order valence-electron chi connectivity index (χ0n) is 13.9. The Balaban J connectivity index is 2.51. The smallest absolute Gasteiger partial charge is 0.320 e. The van der Waals surface area contributed by atoms with Crippen LogP contribution in [-0.4, -0.2) is 39.2 Å². The van der Waals surface area contributed by atoms with Crippen molar-refractivity contribution in [2.45, 2.75) is 38.1 Å². The van der Waals surface area contributed by atoms with E-state index in [0.717, 1.165) is 12.7 Å². The van der Waals surface area contributed by atoms with E-state index in [1.54, 1.807) is 24.3 Å². The van der Waals surface area contributed by atoms with Crippen molar-refractivity contribution < 1.29 is 22.7 Å². The van der Waals surface area contributed by atoms with Crippen LogP contribution in [0.2, 0.25) is 0 Å². The van der Waals surface area contributed by atoms with Crippen molar-refractivity contribution in [3.63, 3.8) is 0 Å². The highest BCUT2D eigenvalue weighted by Crippen LogP contribution is 2.09. The largest absolute Gasteiger partial charge is 0.468 e. The van der Waals surface area contributed by atoms with Crippen molar-refractivity contribution in [1.29, 1.82) is 0 Å². The number of benzene rings is 1. The summed E-state index contributed by atoms with van der Waals surface area (Å²) in [5.74, 6) is -1.72. The molecule has 0 saturated carbocycles. The summed E-state index contributed by atoms with van der Waals surface area (Å²) in [5, 5.41) is 2.78. The number of rotatable bonds is 9. The van der Waals surface area contributed by atoms with Gasteiger partial charge in [-0.05, 0) is 24.5 Å². The lowest BCUT2D eigenvalue weighted by Crippen LogP contribution is -2.25. The highest BCUT2D eigenvalue weighted by Gasteiger charge is 2.17. The predicted octanol–water partition coefficient (Wildman–Crippen LogP) is 0.518. The fraction of sp³-hybridized carbons (Fsp3) is 0.500. The molecule has 134 valence electrons. The average Bonchev–Trinajstić information content (AvgIpc) is 2.51. The van der Waals surface area contributed by atoms with E-state index in [0.29, 0.717) is 24.9 Å². The van der Waals surface area contributed by atoms with Crippen molar-refractivity contribution in [3.8, 4) is 0 Å². The van der Waals surface area contributed by atoms with E-state index in [1.165, 1.54) is 0 Å². The molecule has 1 aromatic rings. The molecule has 0 bridgehead atoms. The normalized spacial score (nSPS) is 12.5. The van der Waals surface area contributed by atoms with Gasteiger partial charge in [0, 0.05) is 19.0 Å². The van der Waals surface area contributed by atoms with Gasteiger partial charge in [0.15, 0.2) is 9.84 Å². The quantitative estimate of drug-likeness (QED) is 0.623. The molecule has 0 spiro atoms. The van der Waals surface area contributed by atoms with Crippen LogP contribution < -0.4 is 11.1 Å². The first kappa shape index (κ1) is 20.1. The molecule has 1 aromatic carbocycles. The molecule has 1 rings (SSSR count). The molecule has 1 unspecified atom stereocenters. The van der Waals surface area contributed by atoms with Crippen LogP contribution in [0.4, 0.5) is 0 Å². The highest BCUT2D eigenvalue weighted by atomic mass is 32.2. The van der Waals surface area contributed by atoms with Crippen molar-refractivity contribution in [3.05, 3.63) is 35.4 Å². The molecule has 24 heavy (non-hydrogen) atoms. The Labute approximate surface area is 142 Å². The predicted molar refractivity (Wildman–Crippen MR) is 90.7 cm³/mol. The number of nitrogens with two attached hydrogens (primary N) is 1. The number of methoxy groups -OCH3 is 1. The molecule has 0 aliphatic rings. The molecule has 0 saturated heterocycles. The molecule has 1 atom stereocenters. The average molecular weight is 356 g/mol. The SMILES string of the molecule is COC(=O)CS(=O)(=O)Cc1ccc(CNC(=O)CCC(C)N)cc1. The molecule has 0 fully saturated rings. The van der Waals surface area contributed by atoms with Gasteiger partial charge in [0.25, 0.3) is 0 Å². The number of carbonyl (C=O) groups is 2. The summed E-state index contributed by atoms with van der Waals surface area (Å²) in [6.07, 6.45) is 1.00. The number of nitrogens with one attached hydrogen (secondary N) is 1. The van der Waals surface area contributed by atoms with Crippen LogP contribution in [-0.2, 0) is 36.5 Å². The van der Waals surface area contributed by atoms with Gasteiger partial charge in [-0.15, -0.1) is 0 Å². The first-order valence-corrected chi connectivity index (χ1v) is 9.41. The molecule has 7 nitrogen and oxygen atoms in total. The zero-order chi connectivity index (χ0) is 18.2. The van der Waals surface area contributed by atoms with Crippen molar-refractivity contribution in [2.24, 2.45) is 5.73 Å². The van der Waals surface area contributed by atoms with Crippen LogP contribution in [0.25, 0.3) is 0 Å². The van der Waals surface area contributed by atoms with Gasteiger partial charge in [-0.1, -0.05) is 24.3 Å². The number of hydrogen-bond acceptors (Lipinski definition) is 6. The third-order valence-electron chi connectivity index (χ3n) is 3.29. The molecule has 0 radical (unpaired) electrons. The summed E-state index contributed by atoms with van der Waals surface area (Å²) in [6, 6.07) is 6.81. The Morgan fingerprint density at radius 2 is 1.79 bits per heavy atom. The summed E-state index contributed by atoms with van der Waals surface area (Å²) in [7, 11) is -2.41. The van der Waals surface area contributed by atoms with Gasteiger partial charge in [-0.25, -0.2) is 8.42 Å². The number of hydrogen-bond donors (Lipinski definition) is 2. The second kappa shape index (κ2) is 9.39. The second-order valence-electron chi connectivity index (χ2n) is 5.72. The monoisotopic (exact) mass is 356 g/mol. The lowest BCUT2D eigenvalue weighted by Gasteiger charge is -2.08. The van der Waals surface area contributed by atoms with E-state index in [4.69, 9.17) is 5.73 Å². The Morgan fingerprint density at radius 1 is 1.21 bits per heavy atom. The van der Waals surface area contributed by atoms with E-state index in [1.807, 2.05) is 6.92 Å². The number of sulfone groups is 1. The lowest BCUT2D eigenvalue weighted by atomic mass is 10.1. The second-order valence-corrected chi connectivity index (χ2v) is 7.78. The highest BCUT2D eigenvalue weighted by molar-refractivity contribution is 7.91. The number of ether oxygens (including phenoxy) is 1. The summed E-state index contributed by atoms with van der Waals surface area (Å²) in [5.41, 5.74) is 7.03. The first-order valence-electron chi connectivity index (χ1n) is 7.59. The molecule has 0 aliphatic carbocycles. The van der Waals surface area contributed by atoms with E-state index < -0.39 is 21.6 Å². The third kappa shape index (κ3) is 8.07. The first-order chi connectivity index (χ1) is 11.2. The summed E-state index contributed by atoms with van der Waals surface area (Å²) < 4.78 is 28.0. The van der Waals surface area contributed by atoms with E-state index in [-0.39, 0.29) is 17.7 Å². The van der Waals surface area contributed by atoms with Gasteiger partial charge in [-0.2, -0.15) is 0 Å². The van der Waals surface area contributed by atoms with Crippen LogP contribution in [0.3, 0.4) is 0 Å². The summed E-state index contributed by atoms with van der Waals surface area (Å²) in [4.78, 5) is 22.7. The van der Waals surface area contributed by atoms with E-state index in [2.05, 4.69) is 10.1 Å².